The maximum absolute atomic E-state index is 3.72. The van der Waals surface area contributed by atoms with Crippen LogP contribution in [0.25, 0.3) is 0 Å². The van der Waals surface area contributed by atoms with Gasteiger partial charge in [-0.2, -0.15) is 0 Å². The van der Waals surface area contributed by atoms with Gasteiger partial charge in [-0.15, -0.1) is 0 Å². The summed E-state index contributed by atoms with van der Waals surface area (Å²) in [6.07, 6.45) is 9.55. The van der Waals surface area contributed by atoms with Crippen LogP contribution >= 0.6 is 0 Å². The van der Waals surface area contributed by atoms with Gasteiger partial charge in [-0.1, -0.05) is 40.0 Å². The van der Waals surface area contributed by atoms with Gasteiger partial charge in [0.1, 0.15) is 0 Å². The zero-order valence-electron chi connectivity index (χ0n) is 12.3. The van der Waals surface area contributed by atoms with E-state index in [1.807, 2.05) is 0 Å². The molecule has 2 nitrogen and oxygen atoms in total. The fraction of sp³-hybridized carbons (Fsp3) is 1.00. The topological polar surface area (TPSA) is 15.3 Å². The van der Waals surface area contributed by atoms with Crippen LogP contribution in [0, 0.1) is 0 Å². The summed E-state index contributed by atoms with van der Waals surface area (Å²) >= 11 is 0. The van der Waals surface area contributed by atoms with E-state index >= 15 is 0 Å². The lowest BCUT2D eigenvalue weighted by molar-refractivity contribution is 0.124. The lowest BCUT2D eigenvalue weighted by atomic mass is 9.98. The minimum atomic E-state index is 0.716. The summed E-state index contributed by atoms with van der Waals surface area (Å²) in [5.41, 5.74) is 0. The number of likely N-dealkylation sites (N-methyl/N-ethyl adjacent to an activating group) is 2. The van der Waals surface area contributed by atoms with E-state index in [1.165, 1.54) is 44.9 Å². The molecular weight excluding hydrogens is 208 g/mol. The SMILES string of the molecule is CCNC1CCCCCC1N(C)C(CC)CC. The van der Waals surface area contributed by atoms with E-state index in [2.05, 4.69) is 38.0 Å². The number of nitrogens with zero attached hydrogens (tertiary/aromatic N) is 1. The van der Waals surface area contributed by atoms with Crippen molar-refractivity contribution in [3.8, 4) is 0 Å². The third-order valence-corrected chi connectivity index (χ3v) is 4.49. The normalized spacial score (nSPS) is 26.5. The lowest BCUT2D eigenvalue weighted by Gasteiger charge is -2.38. The van der Waals surface area contributed by atoms with Crippen molar-refractivity contribution >= 4 is 0 Å². The van der Waals surface area contributed by atoms with Gasteiger partial charge in [-0.05, 0) is 39.3 Å². The summed E-state index contributed by atoms with van der Waals surface area (Å²) in [5.74, 6) is 0. The smallest absolute Gasteiger partial charge is 0.0249 e. The first kappa shape index (κ1) is 15.0. The molecule has 17 heavy (non-hydrogen) atoms. The Kier molecular flexibility index (Phi) is 7.14. The number of hydrogen-bond donors (Lipinski definition) is 1. The van der Waals surface area contributed by atoms with Crippen LogP contribution in [-0.2, 0) is 0 Å². The summed E-state index contributed by atoms with van der Waals surface area (Å²) in [7, 11) is 2.35. The van der Waals surface area contributed by atoms with E-state index in [0.29, 0.717) is 6.04 Å². The van der Waals surface area contributed by atoms with Crippen molar-refractivity contribution in [1.82, 2.24) is 10.2 Å². The first-order valence-corrected chi connectivity index (χ1v) is 7.69. The van der Waals surface area contributed by atoms with Crippen molar-refractivity contribution in [2.24, 2.45) is 0 Å². The van der Waals surface area contributed by atoms with Crippen molar-refractivity contribution in [3.05, 3.63) is 0 Å². The summed E-state index contributed by atoms with van der Waals surface area (Å²) < 4.78 is 0. The molecule has 0 aromatic heterocycles. The quantitative estimate of drug-likeness (QED) is 0.716. The molecule has 2 atom stereocenters. The summed E-state index contributed by atoms with van der Waals surface area (Å²) in [6, 6.07) is 2.23. The van der Waals surface area contributed by atoms with E-state index in [-0.39, 0.29) is 0 Å². The van der Waals surface area contributed by atoms with Gasteiger partial charge in [0.15, 0.2) is 0 Å². The molecule has 102 valence electrons. The molecule has 0 radical (unpaired) electrons. The molecular formula is C15H32N2. The van der Waals surface area contributed by atoms with Crippen LogP contribution in [0.4, 0.5) is 0 Å². The molecule has 1 saturated carbocycles. The van der Waals surface area contributed by atoms with E-state index in [0.717, 1.165) is 18.6 Å². The predicted octanol–water partition coefficient (Wildman–Crippen LogP) is 3.42. The van der Waals surface area contributed by atoms with Crippen LogP contribution in [0.15, 0.2) is 0 Å². The van der Waals surface area contributed by atoms with Gasteiger partial charge >= 0.3 is 0 Å². The molecule has 0 saturated heterocycles. The predicted molar refractivity (Wildman–Crippen MR) is 76.5 cm³/mol. The van der Waals surface area contributed by atoms with Crippen LogP contribution in [0.1, 0.15) is 65.7 Å². The Labute approximate surface area is 108 Å². The minimum Gasteiger partial charge on any atom is -0.313 e. The van der Waals surface area contributed by atoms with Gasteiger partial charge in [0.25, 0.3) is 0 Å². The zero-order chi connectivity index (χ0) is 12.7. The molecule has 0 aliphatic heterocycles. The molecule has 2 unspecified atom stereocenters. The van der Waals surface area contributed by atoms with E-state index in [9.17, 15) is 0 Å². The van der Waals surface area contributed by atoms with Crippen molar-refractivity contribution in [3.63, 3.8) is 0 Å². The first-order chi connectivity index (χ1) is 8.24. The van der Waals surface area contributed by atoms with Crippen molar-refractivity contribution in [2.45, 2.75) is 83.8 Å². The van der Waals surface area contributed by atoms with Gasteiger partial charge in [0.2, 0.25) is 0 Å². The summed E-state index contributed by atoms with van der Waals surface area (Å²) in [5, 5.41) is 3.72. The van der Waals surface area contributed by atoms with Gasteiger partial charge < -0.3 is 5.32 Å². The van der Waals surface area contributed by atoms with Gasteiger partial charge in [0.05, 0.1) is 0 Å². The Balaban J connectivity index is 2.66. The van der Waals surface area contributed by atoms with Gasteiger partial charge in [-0.25, -0.2) is 0 Å². The molecule has 0 aromatic carbocycles. The Hall–Kier alpha value is -0.0800. The van der Waals surface area contributed by atoms with Crippen molar-refractivity contribution in [2.75, 3.05) is 13.6 Å². The molecule has 2 heteroatoms. The maximum Gasteiger partial charge on any atom is 0.0249 e. The molecule has 0 bridgehead atoms. The number of hydrogen-bond acceptors (Lipinski definition) is 2. The van der Waals surface area contributed by atoms with Crippen LogP contribution in [0.5, 0.6) is 0 Å². The highest BCUT2D eigenvalue weighted by atomic mass is 15.2. The third-order valence-electron chi connectivity index (χ3n) is 4.49. The maximum atomic E-state index is 3.72. The molecule has 1 N–H and O–H groups in total. The van der Waals surface area contributed by atoms with Gasteiger partial charge in [0, 0.05) is 18.1 Å². The highest BCUT2D eigenvalue weighted by Crippen LogP contribution is 2.24. The minimum absolute atomic E-state index is 0.716. The Morgan fingerprint density at radius 1 is 1.06 bits per heavy atom. The van der Waals surface area contributed by atoms with Crippen LogP contribution in [0.3, 0.4) is 0 Å². The third kappa shape index (κ3) is 4.26. The second-order valence-corrected chi connectivity index (χ2v) is 5.51. The van der Waals surface area contributed by atoms with E-state index < -0.39 is 0 Å². The molecule has 1 aliphatic carbocycles. The zero-order valence-corrected chi connectivity index (χ0v) is 12.3. The van der Waals surface area contributed by atoms with Gasteiger partial charge in [-0.3, -0.25) is 4.90 Å². The van der Waals surface area contributed by atoms with Crippen LogP contribution in [-0.4, -0.2) is 36.6 Å². The monoisotopic (exact) mass is 240 g/mol. The lowest BCUT2D eigenvalue weighted by Crippen LogP contribution is -2.51. The van der Waals surface area contributed by atoms with Crippen molar-refractivity contribution in [1.29, 1.82) is 0 Å². The molecule has 0 aromatic rings. The van der Waals surface area contributed by atoms with Crippen LogP contribution < -0.4 is 5.32 Å². The Morgan fingerprint density at radius 3 is 2.29 bits per heavy atom. The van der Waals surface area contributed by atoms with E-state index in [1.54, 1.807) is 0 Å². The fourth-order valence-corrected chi connectivity index (χ4v) is 3.41. The van der Waals surface area contributed by atoms with Crippen molar-refractivity contribution < 1.29 is 0 Å². The summed E-state index contributed by atoms with van der Waals surface area (Å²) in [4.78, 5) is 2.67. The molecule has 0 spiro atoms. The highest BCUT2D eigenvalue weighted by molar-refractivity contribution is 4.87. The largest absolute Gasteiger partial charge is 0.313 e. The molecule has 1 fully saturated rings. The second kappa shape index (κ2) is 8.10. The fourth-order valence-electron chi connectivity index (χ4n) is 3.41. The van der Waals surface area contributed by atoms with E-state index in [4.69, 9.17) is 0 Å². The molecule has 0 amide bonds. The Bertz CT molecular complexity index is 189. The average Bonchev–Trinajstić information content (AvgIpc) is 2.56. The molecule has 1 rings (SSSR count). The molecule has 1 aliphatic rings. The average molecular weight is 240 g/mol. The number of nitrogens with one attached hydrogen (secondary N) is 1. The van der Waals surface area contributed by atoms with Crippen LogP contribution in [0.2, 0.25) is 0 Å². The summed E-state index contributed by atoms with van der Waals surface area (Å²) in [6.45, 7) is 7.99. The standard InChI is InChI=1S/C15H32N2/c1-5-13(6-2)17(4)15-12-10-8-9-11-14(15)16-7-3/h13-16H,5-12H2,1-4H3. The second-order valence-electron chi connectivity index (χ2n) is 5.51. The number of rotatable bonds is 6. The molecule has 0 heterocycles. The first-order valence-electron chi connectivity index (χ1n) is 7.69. The Morgan fingerprint density at radius 2 is 1.71 bits per heavy atom. The highest BCUT2D eigenvalue weighted by Gasteiger charge is 2.28.